The van der Waals surface area contributed by atoms with Crippen molar-refractivity contribution in [3.05, 3.63) is 29.8 Å². The maximum absolute atomic E-state index is 13.5. The van der Waals surface area contributed by atoms with E-state index in [4.69, 9.17) is 0 Å². The monoisotopic (exact) mass is 423 g/mol. The van der Waals surface area contributed by atoms with Gasteiger partial charge in [-0.05, 0) is 81.9 Å². The highest BCUT2D eigenvalue weighted by Crippen LogP contribution is 2.25. The molecule has 0 radical (unpaired) electrons. The van der Waals surface area contributed by atoms with Crippen molar-refractivity contribution in [3.63, 3.8) is 0 Å². The molecular formula is C22H37N3O3S. The van der Waals surface area contributed by atoms with Crippen LogP contribution in [0.15, 0.2) is 29.2 Å². The van der Waals surface area contributed by atoms with E-state index in [-0.39, 0.29) is 12.1 Å². The van der Waals surface area contributed by atoms with Crippen LogP contribution in [-0.2, 0) is 10.0 Å². The van der Waals surface area contributed by atoms with Crippen molar-refractivity contribution in [1.82, 2.24) is 14.5 Å². The van der Waals surface area contributed by atoms with E-state index >= 15 is 0 Å². The molecule has 2 heterocycles. The molecule has 0 spiro atoms. The second-order valence-corrected chi connectivity index (χ2v) is 10.7. The Bertz CT molecular complexity index is 730. The summed E-state index contributed by atoms with van der Waals surface area (Å²) in [6, 6.07) is 7.46. The first-order valence-corrected chi connectivity index (χ1v) is 12.5. The predicted octanol–water partition coefficient (Wildman–Crippen LogP) is 2.40. The molecule has 0 amide bonds. The highest BCUT2D eigenvalue weighted by atomic mass is 32.2. The largest absolute Gasteiger partial charge is 0.392 e. The maximum Gasteiger partial charge on any atom is 0.243 e. The van der Waals surface area contributed by atoms with Gasteiger partial charge < -0.3 is 15.3 Å². The summed E-state index contributed by atoms with van der Waals surface area (Å²) in [5.41, 5.74) is 1.15. The van der Waals surface area contributed by atoms with Gasteiger partial charge in [0.15, 0.2) is 0 Å². The van der Waals surface area contributed by atoms with Gasteiger partial charge in [-0.25, -0.2) is 8.42 Å². The number of hydrogen-bond donors (Lipinski definition) is 2. The fourth-order valence-electron chi connectivity index (χ4n) is 4.44. The standard InChI is InChI=1S/C22H37N3O3S/c1-18(2)19-6-8-22(9-7-19)29(27,28)25(20-10-12-23-13-11-20)16-4-15-24-14-3-5-21(26)17-24/h6-9,18,20-21,23,26H,3-5,10-17H2,1-2H3. The summed E-state index contributed by atoms with van der Waals surface area (Å²) in [4.78, 5) is 2.66. The van der Waals surface area contributed by atoms with E-state index in [0.717, 1.165) is 63.8 Å². The van der Waals surface area contributed by atoms with E-state index in [9.17, 15) is 13.5 Å². The fourth-order valence-corrected chi connectivity index (χ4v) is 6.16. The number of β-amino-alcohol motifs (C(OH)–C–C–N with tert-alkyl or cyclic N) is 1. The first-order chi connectivity index (χ1) is 13.9. The Kier molecular flexibility index (Phi) is 8.10. The van der Waals surface area contributed by atoms with Crippen LogP contribution < -0.4 is 5.32 Å². The van der Waals surface area contributed by atoms with Crippen molar-refractivity contribution in [2.45, 2.75) is 68.9 Å². The molecule has 2 N–H and O–H groups in total. The highest BCUT2D eigenvalue weighted by Gasteiger charge is 2.32. The average molecular weight is 424 g/mol. The van der Waals surface area contributed by atoms with E-state index in [1.165, 1.54) is 0 Å². The summed E-state index contributed by atoms with van der Waals surface area (Å²) in [5, 5.41) is 13.2. The van der Waals surface area contributed by atoms with Crippen molar-refractivity contribution in [2.75, 3.05) is 39.3 Å². The summed E-state index contributed by atoms with van der Waals surface area (Å²) in [6.07, 6.45) is 4.14. The molecule has 0 aliphatic carbocycles. The van der Waals surface area contributed by atoms with Gasteiger partial charge in [0.1, 0.15) is 0 Å². The van der Waals surface area contributed by atoms with E-state index in [1.54, 1.807) is 16.4 Å². The number of sulfonamides is 1. The third-order valence-electron chi connectivity index (χ3n) is 6.20. The number of aliphatic hydroxyl groups is 1. The van der Waals surface area contributed by atoms with Gasteiger partial charge in [0, 0.05) is 19.1 Å². The van der Waals surface area contributed by atoms with Crippen LogP contribution in [0.1, 0.15) is 57.4 Å². The maximum atomic E-state index is 13.5. The molecule has 1 aromatic rings. The van der Waals surface area contributed by atoms with Crippen LogP contribution in [0, 0.1) is 0 Å². The van der Waals surface area contributed by atoms with Crippen LogP contribution in [-0.4, -0.2) is 74.1 Å². The van der Waals surface area contributed by atoms with Crippen molar-refractivity contribution in [3.8, 4) is 0 Å². The molecule has 3 rings (SSSR count). The van der Waals surface area contributed by atoms with Crippen molar-refractivity contribution < 1.29 is 13.5 Å². The van der Waals surface area contributed by atoms with Crippen LogP contribution in [0.3, 0.4) is 0 Å². The molecule has 0 saturated carbocycles. The molecule has 0 bridgehead atoms. The molecule has 2 saturated heterocycles. The average Bonchev–Trinajstić information content (AvgIpc) is 2.72. The SMILES string of the molecule is CC(C)c1ccc(S(=O)(=O)N(CCCN2CCCC(O)C2)C2CCNCC2)cc1. The Morgan fingerprint density at radius 1 is 1.17 bits per heavy atom. The minimum atomic E-state index is -3.52. The first kappa shape index (κ1) is 22.7. The number of benzene rings is 1. The summed E-state index contributed by atoms with van der Waals surface area (Å²) in [6.45, 7) is 9.02. The number of nitrogens with one attached hydrogen (secondary N) is 1. The van der Waals surface area contributed by atoms with Crippen molar-refractivity contribution in [1.29, 1.82) is 0 Å². The molecule has 2 fully saturated rings. The molecule has 1 atom stereocenters. The number of aliphatic hydroxyl groups excluding tert-OH is 1. The fraction of sp³-hybridized carbons (Fsp3) is 0.727. The molecule has 2 aliphatic rings. The Hall–Kier alpha value is -0.990. The van der Waals surface area contributed by atoms with Gasteiger partial charge in [0.05, 0.1) is 11.0 Å². The normalized spacial score (nSPS) is 22.4. The predicted molar refractivity (Wildman–Crippen MR) is 117 cm³/mol. The highest BCUT2D eigenvalue weighted by molar-refractivity contribution is 7.89. The van der Waals surface area contributed by atoms with E-state index in [1.807, 2.05) is 12.1 Å². The lowest BCUT2D eigenvalue weighted by Gasteiger charge is -2.35. The van der Waals surface area contributed by atoms with Gasteiger partial charge in [-0.3, -0.25) is 0 Å². The van der Waals surface area contributed by atoms with E-state index in [0.29, 0.717) is 23.9 Å². The Morgan fingerprint density at radius 3 is 2.48 bits per heavy atom. The molecule has 0 aromatic heterocycles. The third kappa shape index (κ3) is 6.01. The third-order valence-corrected chi connectivity index (χ3v) is 8.17. The van der Waals surface area contributed by atoms with Crippen LogP contribution in [0.2, 0.25) is 0 Å². The van der Waals surface area contributed by atoms with E-state index < -0.39 is 10.0 Å². The Labute approximate surface area is 176 Å². The smallest absolute Gasteiger partial charge is 0.243 e. The summed E-state index contributed by atoms with van der Waals surface area (Å²) in [7, 11) is -3.52. The second-order valence-electron chi connectivity index (χ2n) is 8.77. The molecule has 29 heavy (non-hydrogen) atoms. The van der Waals surface area contributed by atoms with Crippen molar-refractivity contribution in [2.24, 2.45) is 0 Å². The minimum Gasteiger partial charge on any atom is -0.392 e. The molecule has 1 unspecified atom stereocenters. The summed E-state index contributed by atoms with van der Waals surface area (Å²) < 4.78 is 28.7. The van der Waals surface area contributed by atoms with Crippen molar-refractivity contribution >= 4 is 10.0 Å². The number of hydrogen-bond acceptors (Lipinski definition) is 5. The van der Waals surface area contributed by atoms with E-state index in [2.05, 4.69) is 24.1 Å². The van der Waals surface area contributed by atoms with Crippen LogP contribution >= 0.6 is 0 Å². The topological polar surface area (TPSA) is 72.9 Å². The lowest BCUT2D eigenvalue weighted by molar-refractivity contribution is 0.0688. The molecule has 1 aromatic carbocycles. The summed E-state index contributed by atoms with van der Waals surface area (Å²) >= 11 is 0. The molecule has 6 nitrogen and oxygen atoms in total. The Balaban J connectivity index is 1.71. The lowest BCUT2D eigenvalue weighted by atomic mass is 10.0. The molecule has 2 aliphatic heterocycles. The molecular weight excluding hydrogens is 386 g/mol. The zero-order valence-electron chi connectivity index (χ0n) is 17.9. The quantitative estimate of drug-likeness (QED) is 0.672. The van der Waals surface area contributed by atoms with Crippen LogP contribution in [0.25, 0.3) is 0 Å². The zero-order valence-corrected chi connectivity index (χ0v) is 18.7. The number of likely N-dealkylation sites (tertiary alicyclic amines) is 1. The van der Waals surface area contributed by atoms with Gasteiger partial charge in [-0.2, -0.15) is 4.31 Å². The minimum absolute atomic E-state index is 0.0537. The van der Waals surface area contributed by atoms with Gasteiger partial charge in [-0.15, -0.1) is 0 Å². The molecule has 164 valence electrons. The molecule has 7 heteroatoms. The number of rotatable bonds is 8. The van der Waals surface area contributed by atoms with Crippen LogP contribution in [0.4, 0.5) is 0 Å². The number of nitrogens with zero attached hydrogens (tertiary/aromatic N) is 2. The Morgan fingerprint density at radius 2 is 1.86 bits per heavy atom. The van der Waals surface area contributed by atoms with Gasteiger partial charge in [-0.1, -0.05) is 26.0 Å². The number of piperidine rings is 2. The first-order valence-electron chi connectivity index (χ1n) is 11.1. The van der Waals surface area contributed by atoms with Gasteiger partial charge in [0.25, 0.3) is 0 Å². The second kappa shape index (κ2) is 10.4. The van der Waals surface area contributed by atoms with Gasteiger partial charge >= 0.3 is 0 Å². The summed E-state index contributed by atoms with van der Waals surface area (Å²) in [5.74, 6) is 0.382. The van der Waals surface area contributed by atoms with Gasteiger partial charge in [0.2, 0.25) is 10.0 Å². The lowest BCUT2D eigenvalue weighted by Crippen LogP contribution is -2.47. The zero-order chi connectivity index (χ0) is 20.9. The van der Waals surface area contributed by atoms with Crippen LogP contribution in [0.5, 0.6) is 0 Å².